The van der Waals surface area contributed by atoms with E-state index >= 15 is 0 Å². The van der Waals surface area contributed by atoms with Gasteiger partial charge in [-0.3, -0.25) is 0 Å². The lowest BCUT2D eigenvalue weighted by atomic mass is 9.76. The second-order valence-electron chi connectivity index (χ2n) is 10.4. The van der Waals surface area contributed by atoms with Gasteiger partial charge in [-0.25, -0.2) is 4.68 Å². The number of aliphatic hydroxyl groups excluding tert-OH is 1. The summed E-state index contributed by atoms with van der Waals surface area (Å²) in [4.78, 5) is 9.79. The first kappa shape index (κ1) is 30.1. The molecule has 2 aromatic heterocycles. The molecule has 2 aliphatic heterocycles. The zero-order chi connectivity index (χ0) is 30.4. The van der Waals surface area contributed by atoms with E-state index in [2.05, 4.69) is 20.4 Å². The minimum Gasteiger partial charge on any atom is -0.459 e. The van der Waals surface area contributed by atoms with E-state index in [1.54, 1.807) is 0 Å². The molecule has 3 aromatic rings. The lowest BCUT2D eigenvalue weighted by molar-refractivity contribution is -0.198. The first-order chi connectivity index (χ1) is 19.6. The fraction of sp³-hybridized carbons (Fsp3) is 0.480. The molecule has 42 heavy (non-hydrogen) atoms. The van der Waals surface area contributed by atoms with E-state index in [4.69, 9.17) is 22.1 Å². The van der Waals surface area contributed by atoms with Gasteiger partial charge in [0.25, 0.3) is 0 Å². The highest BCUT2D eigenvalue weighted by Gasteiger charge is 2.46. The van der Waals surface area contributed by atoms with Gasteiger partial charge < -0.3 is 30.9 Å². The number of nitrogen functional groups attached to an aromatic ring is 1. The summed E-state index contributed by atoms with van der Waals surface area (Å²) in [6, 6.07) is 4.59. The third-order valence-electron chi connectivity index (χ3n) is 7.54. The van der Waals surface area contributed by atoms with E-state index in [9.17, 15) is 36.6 Å². The van der Waals surface area contributed by atoms with Crippen LogP contribution in [0.5, 0.6) is 5.88 Å². The van der Waals surface area contributed by atoms with Crippen molar-refractivity contribution in [1.82, 2.24) is 25.1 Å². The highest BCUT2D eigenvalue weighted by Crippen LogP contribution is 2.43. The van der Waals surface area contributed by atoms with Crippen LogP contribution in [0.25, 0.3) is 5.69 Å². The number of hydrogen-bond donors (Lipinski definition) is 4. The number of rotatable bonds is 6. The van der Waals surface area contributed by atoms with Gasteiger partial charge in [-0.05, 0) is 42.9 Å². The van der Waals surface area contributed by atoms with Crippen molar-refractivity contribution >= 4 is 23.4 Å². The van der Waals surface area contributed by atoms with Gasteiger partial charge in [0, 0.05) is 42.5 Å². The Morgan fingerprint density at radius 2 is 1.79 bits per heavy atom. The first-order valence-corrected chi connectivity index (χ1v) is 13.2. The number of benzene rings is 1. The fourth-order valence-electron chi connectivity index (χ4n) is 5.39. The Morgan fingerprint density at radius 1 is 1.07 bits per heavy atom. The molecule has 0 radical (unpaired) electrons. The molecule has 0 aliphatic carbocycles. The summed E-state index contributed by atoms with van der Waals surface area (Å²) in [6.45, 7) is 1.54. The molecule has 4 heterocycles. The van der Waals surface area contributed by atoms with Gasteiger partial charge >= 0.3 is 12.4 Å². The second-order valence-corrected chi connectivity index (χ2v) is 10.8. The van der Waals surface area contributed by atoms with E-state index in [0.29, 0.717) is 49.6 Å². The standard InChI is InChI=1S/C25H26ClF6N7O3/c26-13-1-2-14(16(9-13)39-6-3-17(37-39)24(27,28)29)20(25(30,31)32)42-19-10-18(35-22(33)36-19)38-7-4-23(5-8-38)11-15(21(40)41)34-12-23/h1-3,6,9-10,15,20-21,34,40-41H,4-5,7-8,11-12H2,(H2,33,35,36)/t15-,20+/m0/s1. The minimum atomic E-state index is -5.04. The average molecular weight is 622 g/mol. The van der Waals surface area contributed by atoms with Gasteiger partial charge in [-0.2, -0.15) is 41.4 Å². The Morgan fingerprint density at radius 3 is 2.38 bits per heavy atom. The summed E-state index contributed by atoms with van der Waals surface area (Å²) in [7, 11) is 0. The number of halogens is 7. The van der Waals surface area contributed by atoms with Crippen molar-refractivity contribution in [3.63, 3.8) is 0 Å². The van der Waals surface area contributed by atoms with Gasteiger partial charge in [-0.15, -0.1) is 0 Å². The summed E-state index contributed by atoms with van der Waals surface area (Å²) < 4.78 is 88.6. The van der Waals surface area contributed by atoms with Crippen LogP contribution in [0.15, 0.2) is 36.5 Å². The lowest BCUT2D eigenvalue weighted by Crippen LogP contribution is -2.41. The maximum absolute atomic E-state index is 14.4. The van der Waals surface area contributed by atoms with Crippen LogP contribution in [0.3, 0.4) is 0 Å². The van der Waals surface area contributed by atoms with Crippen LogP contribution in [-0.4, -0.2) is 68.1 Å². The predicted octanol–water partition coefficient (Wildman–Crippen LogP) is 3.86. The van der Waals surface area contributed by atoms with Crippen molar-refractivity contribution in [2.75, 3.05) is 30.3 Å². The number of anilines is 2. The summed E-state index contributed by atoms with van der Waals surface area (Å²) in [5, 5.41) is 25.5. The third-order valence-corrected chi connectivity index (χ3v) is 7.78. The van der Waals surface area contributed by atoms with Crippen LogP contribution in [0.2, 0.25) is 5.02 Å². The highest BCUT2D eigenvalue weighted by molar-refractivity contribution is 6.30. The number of aliphatic hydroxyl groups is 2. The SMILES string of the molecule is Nc1nc(O[C@H](c2ccc(Cl)cc2-n2ccc(C(F)(F)F)n2)C(F)(F)F)cc(N2CCC3(CC2)CN[C@H](C(O)O)C3)n1. The number of ether oxygens (including phenoxy) is 1. The smallest absolute Gasteiger partial charge is 0.435 e. The predicted molar refractivity (Wildman–Crippen MR) is 138 cm³/mol. The molecule has 10 nitrogen and oxygen atoms in total. The molecule has 0 bridgehead atoms. The summed E-state index contributed by atoms with van der Waals surface area (Å²) in [5.74, 6) is -0.604. The molecular weight excluding hydrogens is 596 g/mol. The summed E-state index contributed by atoms with van der Waals surface area (Å²) in [6.07, 6.45) is -11.3. The average Bonchev–Trinajstić information content (AvgIpc) is 3.56. The van der Waals surface area contributed by atoms with Crippen molar-refractivity contribution in [3.8, 4) is 11.6 Å². The molecule has 0 saturated carbocycles. The molecule has 2 aliphatic rings. The van der Waals surface area contributed by atoms with Gasteiger partial charge in [0.1, 0.15) is 5.82 Å². The highest BCUT2D eigenvalue weighted by atomic mass is 35.5. The topological polar surface area (TPSA) is 135 Å². The number of nitrogens with zero attached hydrogens (tertiary/aromatic N) is 5. The Balaban J connectivity index is 1.41. The Labute approximate surface area is 240 Å². The molecule has 2 fully saturated rings. The Kier molecular flexibility index (Phi) is 7.93. The van der Waals surface area contributed by atoms with Gasteiger partial charge in [0.2, 0.25) is 17.9 Å². The maximum Gasteiger partial charge on any atom is 0.435 e. The number of nitrogens with two attached hydrogens (primary N) is 1. The normalized spacial score (nSPS) is 20.0. The number of alkyl halides is 6. The van der Waals surface area contributed by atoms with Gasteiger partial charge in [-0.1, -0.05) is 17.7 Å². The summed E-state index contributed by atoms with van der Waals surface area (Å²) >= 11 is 5.98. The number of nitrogens with one attached hydrogen (secondary N) is 1. The maximum atomic E-state index is 14.4. The van der Waals surface area contributed by atoms with Crippen LogP contribution < -0.4 is 20.7 Å². The number of hydrogen-bond acceptors (Lipinski definition) is 9. The third kappa shape index (κ3) is 6.35. The molecule has 1 aromatic carbocycles. The number of aromatic nitrogens is 4. The minimum absolute atomic E-state index is 0.0348. The van der Waals surface area contributed by atoms with E-state index in [-0.39, 0.29) is 27.9 Å². The number of piperidine rings is 1. The Bertz CT molecular complexity index is 1430. The van der Waals surface area contributed by atoms with E-state index in [1.165, 1.54) is 6.07 Å². The summed E-state index contributed by atoms with van der Waals surface area (Å²) in [5.41, 5.74) is 3.43. The first-order valence-electron chi connectivity index (χ1n) is 12.8. The zero-order valence-electron chi connectivity index (χ0n) is 21.7. The van der Waals surface area contributed by atoms with Crippen molar-refractivity contribution in [2.45, 2.75) is 50.1 Å². The largest absolute Gasteiger partial charge is 0.459 e. The molecule has 2 saturated heterocycles. The molecule has 1 spiro atoms. The van der Waals surface area contributed by atoms with Crippen LogP contribution >= 0.6 is 11.6 Å². The van der Waals surface area contributed by atoms with E-state index in [1.807, 2.05) is 4.90 Å². The molecule has 228 valence electrons. The molecule has 2 atom stereocenters. The second kappa shape index (κ2) is 11.1. The Hall–Kier alpha value is -3.34. The molecule has 0 amide bonds. The molecule has 17 heteroatoms. The van der Waals surface area contributed by atoms with E-state index < -0.39 is 47.9 Å². The quantitative estimate of drug-likeness (QED) is 0.239. The van der Waals surface area contributed by atoms with Crippen molar-refractivity contribution < 1.29 is 41.3 Å². The van der Waals surface area contributed by atoms with Crippen molar-refractivity contribution in [3.05, 3.63) is 52.8 Å². The van der Waals surface area contributed by atoms with E-state index in [0.717, 1.165) is 24.4 Å². The molecule has 0 unspecified atom stereocenters. The van der Waals surface area contributed by atoms with Gasteiger partial charge in [0.15, 0.2) is 12.0 Å². The van der Waals surface area contributed by atoms with Crippen LogP contribution in [0, 0.1) is 5.41 Å². The monoisotopic (exact) mass is 621 g/mol. The zero-order valence-corrected chi connectivity index (χ0v) is 22.5. The van der Waals surface area contributed by atoms with Crippen LogP contribution in [0.1, 0.15) is 36.6 Å². The molecular formula is C25H26ClF6N7O3. The van der Waals surface area contributed by atoms with Gasteiger partial charge in [0.05, 0.1) is 11.7 Å². The van der Waals surface area contributed by atoms with Crippen molar-refractivity contribution in [1.29, 1.82) is 0 Å². The molecule has 5 rings (SSSR count). The fourth-order valence-corrected chi connectivity index (χ4v) is 5.55. The van der Waals surface area contributed by atoms with Crippen molar-refractivity contribution in [2.24, 2.45) is 5.41 Å². The van der Waals surface area contributed by atoms with Crippen LogP contribution in [0.4, 0.5) is 38.1 Å². The van der Waals surface area contributed by atoms with Crippen LogP contribution in [-0.2, 0) is 6.18 Å². The lowest BCUT2D eigenvalue weighted by Gasteiger charge is -2.39. The molecule has 5 N–H and O–H groups in total.